The van der Waals surface area contributed by atoms with Crippen LogP contribution in [0.2, 0.25) is 0 Å². The van der Waals surface area contributed by atoms with Gasteiger partial charge in [-0.25, -0.2) is 0 Å². The smallest absolute Gasteiger partial charge is 0.0625 e. The van der Waals surface area contributed by atoms with Gasteiger partial charge in [0, 0.05) is 21.5 Å². The molecule has 162 valence electrons. The highest BCUT2D eigenvalue weighted by molar-refractivity contribution is 6.19. The van der Waals surface area contributed by atoms with Gasteiger partial charge in [0.1, 0.15) is 0 Å². The predicted octanol–water partition coefficient (Wildman–Crippen LogP) is 8.29. The molecule has 0 unspecified atom stereocenters. The largest absolute Gasteiger partial charge is 0.308 e. The maximum absolute atomic E-state index is 4.73. The van der Waals surface area contributed by atoms with Crippen molar-refractivity contribution in [1.29, 1.82) is 0 Å². The zero-order valence-electron chi connectivity index (χ0n) is 20.5. The molecule has 0 aliphatic heterocycles. The Labute approximate surface area is 191 Å². The molecule has 0 spiro atoms. The summed E-state index contributed by atoms with van der Waals surface area (Å²) in [5.41, 5.74) is 10.8. The first-order chi connectivity index (χ1) is 15.1. The second-order valence-corrected chi connectivity index (χ2v) is 10.6. The number of benzene rings is 3. The standard InChI is InChI=1S/C31H33N/c1-9-22(17-31(6,7)8)23-14-15-25-24-12-10-11-13-26(24)32-29-19(3)16-18(2)20(4)27(29)21(5)28(23)30(25)32/h9-16H,5,17H2,1-4,6-8H3/b22-9-. The molecule has 0 atom stereocenters. The lowest BCUT2D eigenvalue weighted by molar-refractivity contribution is 0.427. The highest BCUT2D eigenvalue weighted by atomic mass is 14.9. The molecular weight excluding hydrogens is 386 g/mol. The molecule has 0 aliphatic rings. The summed E-state index contributed by atoms with van der Waals surface area (Å²) >= 11 is 0. The van der Waals surface area contributed by atoms with Gasteiger partial charge >= 0.3 is 0 Å². The second-order valence-electron chi connectivity index (χ2n) is 10.6. The Morgan fingerprint density at radius 3 is 2.31 bits per heavy atom. The first-order valence-corrected chi connectivity index (χ1v) is 11.7. The molecule has 0 fully saturated rings. The molecule has 2 aromatic heterocycles. The van der Waals surface area contributed by atoms with Gasteiger partial charge in [-0.1, -0.05) is 69.8 Å². The number of aromatic nitrogens is 1. The van der Waals surface area contributed by atoms with E-state index in [0.29, 0.717) is 0 Å². The normalized spacial score (nSPS) is 13.3. The Balaban J connectivity index is 2.12. The van der Waals surface area contributed by atoms with Crippen LogP contribution in [-0.2, 0) is 0 Å². The number of pyridine rings is 1. The summed E-state index contributed by atoms with van der Waals surface area (Å²) < 4.78 is 2.51. The molecule has 0 saturated heterocycles. The molecule has 3 aromatic carbocycles. The van der Waals surface area contributed by atoms with E-state index >= 15 is 0 Å². The van der Waals surface area contributed by atoms with E-state index in [-0.39, 0.29) is 5.41 Å². The number of hydrogen-bond acceptors (Lipinski definition) is 0. The van der Waals surface area contributed by atoms with Gasteiger partial charge in [-0.05, 0) is 78.6 Å². The molecule has 2 heterocycles. The Morgan fingerprint density at radius 2 is 1.62 bits per heavy atom. The maximum atomic E-state index is 4.73. The maximum Gasteiger partial charge on any atom is 0.0625 e. The van der Waals surface area contributed by atoms with Crippen LogP contribution in [-0.4, -0.2) is 4.40 Å². The van der Waals surface area contributed by atoms with Crippen molar-refractivity contribution in [1.82, 2.24) is 4.40 Å². The van der Waals surface area contributed by atoms with Crippen LogP contribution in [0.3, 0.4) is 0 Å². The summed E-state index contributed by atoms with van der Waals surface area (Å²) in [6.07, 6.45) is 3.33. The van der Waals surface area contributed by atoms with Gasteiger partial charge in [0.2, 0.25) is 0 Å². The van der Waals surface area contributed by atoms with E-state index in [2.05, 4.69) is 101 Å². The van der Waals surface area contributed by atoms with Crippen LogP contribution in [0.1, 0.15) is 56.4 Å². The lowest BCUT2D eigenvalue weighted by atomic mass is 9.83. The SMILES string of the molecule is C=c1c2c(C)c(C)cc(C)c2n2c3ccccc3c3ccc(/C(=C\C)CC(C)(C)C)c1c32. The third-order valence-electron chi connectivity index (χ3n) is 7.09. The van der Waals surface area contributed by atoms with E-state index in [0.717, 1.165) is 11.6 Å². The van der Waals surface area contributed by atoms with Gasteiger partial charge in [-0.15, -0.1) is 0 Å². The Hall–Kier alpha value is -3.06. The zero-order valence-corrected chi connectivity index (χ0v) is 20.5. The summed E-state index contributed by atoms with van der Waals surface area (Å²) in [6.45, 7) is 20.6. The molecular formula is C31H33N. The van der Waals surface area contributed by atoms with E-state index in [4.69, 9.17) is 6.58 Å². The molecule has 0 bridgehead atoms. The van der Waals surface area contributed by atoms with Crippen molar-refractivity contribution in [3.8, 4) is 0 Å². The fourth-order valence-corrected chi connectivity index (χ4v) is 5.64. The van der Waals surface area contributed by atoms with Crippen LogP contribution in [0.25, 0.3) is 50.2 Å². The Kier molecular flexibility index (Phi) is 4.53. The van der Waals surface area contributed by atoms with E-state index < -0.39 is 0 Å². The third-order valence-corrected chi connectivity index (χ3v) is 7.09. The van der Waals surface area contributed by atoms with Crippen molar-refractivity contribution in [2.45, 2.75) is 54.9 Å². The molecule has 1 nitrogen and oxygen atoms in total. The van der Waals surface area contributed by atoms with Crippen molar-refractivity contribution >= 4 is 50.2 Å². The van der Waals surface area contributed by atoms with Crippen LogP contribution < -0.4 is 5.22 Å². The predicted molar refractivity (Wildman–Crippen MR) is 143 cm³/mol. The van der Waals surface area contributed by atoms with Crippen molar-refractivity contribution < 1.29 is 0 Å². The summed E-state index contributed by atoms with van der Waals surface area (Å²) in [7, 11) is 0. The highest BCUT2D eigenvalue weighted by Crippen LogP contribution is 2.40. The average molecular weight is 420 g/mol. The summed E-state index contributed by atoms with van der Waals surface area (Å²) in [6, 6.07) is 15.8. The van der Waals surface area contributed by atoms with Crippen LogP contribution in [0.5, 0.6) is 0 Å². The molecule has 0 saturated carbocycles. The summed E-state index contributed by atoms with van der Waals surface area (Å²) in [5, 5.41) is 6.39. The zero-order chi connectivity index (χ0) is 22.9. The lowest BCUT2D eigenvalue weighted by Gasteiger charge is -2.23. The van der Waals surface area contributed by atoms with Gasteiger partial charge in [0.15, 0.2) is 0 Å². The van der Waals surface area contributed by atoms with Crippen molar-refractivity contribution in [3.63, 3.8) is 0 Å². The molecule has 5 aromatic rings. The third kappa shape index (κ3) is 2.84. The van der Waals surface area contributed by atoms with Gasteiger partial charge in [-0.2, -0.15) is 0 Å². The van der Waals surface area contributed by atoms with E-state index in [1.165, 1.54) is 65.9 Å². The van der Waals surface area contributed by atoms with Crippen LogP contribution in [0.4, 0.5) is 0 Å². The molecule has 1 heteroatoms. The topological polar surface area (TPSA) is 4.41 Å². The minimum absolute atomic E-state index is 0.216. The van der Waals surface area contributed by atoms with Crippen LogP contribution >= 0.6 is 0 Å². The minimum atomic E-state index is 0.216. The molecule has 0 aliphatic carbocycles. The number of nitrogens with zero attached hydrogens (tertiary/aromatic N) is 1. The molecule has 0 radical (unpaired) electrons. The lowest BCUT2D eigenvalue weighted by Crippen LogP contribution is -2.13. The van der Waals surface area contributed by atoms with Gasteiger partial charge in [0.05, 0.1) is 16.6 Å². The molecule has 5 rings (SSSR count). The Morgan fingerprint density at radius 1 is 0.906 bits per heavy atom. The quantitative estimate of drug-likeness (QED) is 0.253. The van der Waals surface area contributed by atoms with Crippen molar-refractivity contribution in [2.75, 3.05) is 0 Å². The van der Waals surface area contributed by atoms with Gasteiger partial charge in [-0.3, -0.25) is 0 Å². The minimum Gasteiger partial charge on any atom is -0.308 e. The first-order valence-electron chi connectivity index (χ1n) is 11.7. The molecule has 0 amide bonds. The highest BCUT2D eigenvalue weighted by Gasteiger charge is 2.22. The molecule has 0 N–H and O–H groups in total. The number of fused-ring (bicyclic) bond motifs is 5. The number of rotatable bonds is 2. The number of aryl methyl sites for hydroxylation is 3. The van der Waals surface area contributed by atoms with Gasteiger partial charge < -0.3 is 4.40 Å². The second kappa shape index (κ2) is 6.97. The average Bonchev–Trinajstić information content (AvgIpc) is 3.07. The monoisotopic (exact) mass is 419 g/mol. The number of allylic oxidation sites excluding steroid dienone is 2. The van der Waals surface area contributed by atoms with Crippen LogP contribution in [0.15, 0.2) is 48.5 Å². The Bertz CT molecular complexity index is 1620. The van der Waals surface area contributed by atoms with Gasteiger partial charge in [0.25, 0.3) is 0 Å². The van der Waals surface area contributed by atoms with E-state index in [1.807, 2.05) is 0 Å². The fraction of sp³-hybridized carbons (Fsp3) is 0.290. The van der Waals surface area contributed by atoms with E-state index in [1.54, 1.807) is 0 Å². The van der Waals surface area contributed by atoms with Crippen LogP contribution in [0, 0.1) is 26.2 Å². The summed E-state index contributed by atoms with van der Waals surface area (Å²) in [5.74, 6) is 0. The fourth-order valence-electron chi connectivity index (χ4n) is 5.64. The van der Waals surface area contributed by atoms with Crippen molar-refractivity contribution in [2.24, 2.45) is 5.41 Å². The number of hydrogen-bond donors (Lipinski definition) is 0. The van der Waals surface area contributed by atoms with Crippen molar-refractivity contribution in [3.05, 3.63) is 76.0 Å². The first kappa shape index (κ1) is 20.8. The molecule has 32 heavy (non-hydrogen) atoms. The summed E-state index contributed by atoms with van der Waals surface area (Å²) in [4.78, 5) is 0. The van der Waals surface area contributed by atoms with E-state index in [9.17, 15) is 0 Å². The number of para-hydroxylation sites is 1.